The van der Waals surface area contributed by atoms with Crippen molar-refractivity contribution in [1.29, 1.82) is 5.26 Å². The van der Waals surface area contributed by atoms with E-state index in [1.165, 1.54) is 0 Å². The first-order valence-corrected chi connectivity index (χ1v) is 4.58. The molecule has 1 heterocycles. The minimum atomic E-state index is 0.0704. The van der Waals surface area contributed by atoms with Crippen molar-refractivity contribution in [2.75, 3.05) is 13.1 Å². The van der Waals surface area contributed by atoms with Gasteiger partial charge in [0.2, 0.25) is 0 Å². The Bertz CT molecular complexity index is 175. The summed E-state index contributed by atoms with van der Waals surface area (Å²) in [6.07, 6.45) is 0.899. The third-order valence-electron chi connectivity index (χ3n) is 2.68. The van der Waals surface area contributed by atoms with Crippen molar-refractivity contribution in [3.63, 3.8) is 0 Å². The largest absolute Gasteiger partial charge is 0.326 e. The van der Waals surface area contributed by atoms with Gasteiger partial charge in [-0.2, -0.15) is 5.26 Å². The third-order valence-corrected chi connectivity index (χ3v) is 2.68. The van der Waals surface area contributed by atoms with Crippen molar-refractivity contribution in [3.8, 4) is 6.07 Å². The highest BCUT2D eigenvalue weighted by Crippen LogP contribution is 2.17. The van der Waals surface area contributed by atoms with E-state index >= 15 is 0 Å². The van der Waals surface area contributed by atoms with E-state index in [1.54, 1.807) is 0 Å². The van der Waals surface area contributed by atoms with Gasteiger partial charge in [-0.25, -0.2) is 0 Å². The number of nitrogens with zero attached hydrogens (tertiary/aromatic N) is 2. The maximum atomic E-state index is 8.83. The second-order valence-electron chi connectivity index (χ2n) is 3.65. The smallest absolute Gasteiger partial charge is 0.0975 e. The van der Waals surface area contributed by atoms with Crippen LogP contribution >= 0.6 is 0 Å². The van der Waals surface area contributed by atoms with Crippen molar-refractivity contribution in [3.05, 3.63) is 0 Å². The molecule has 3 unspecified atom stereocenters. The van der Waals surface area contributed by atoms with E-state index in [1.807, 2.05) is 6.92 Å². The molecule has 0 saturated carbocycles. The highest BCUT2D eigenvalue weighted by molar-refractivity contribution is 4.96. The normalized spacial score (nSPS) is 33.2. The highest BCUT2D eigenvalue weighted by atomic mass is 15.2. The molecular formula is C9H17N3. The van der Waals surface area contributed by atoms with Crippen molar-refractivity contribution in [1.82, 2.24) is 4.90 Å². The van der Waals surface area contributed by atoms with Crippen LogP contribution in [0.2, 0.25) is 0 Å². The summed E-state index contributed by atoms with van der Waals surface area (Å²) in [4.78, 5) is 2.19. The van der Waals surface area contributed by atoms with Crippen LogP contribution < -0.4 is 5.73 Å². The molecule has 0 spiro atoms. The molecule has 0 aromatic heterocycles. The second-order valence-corrected chi connectivity index (χ2v) is 3.65. The van der Waals surface area contributed by atoms with Crippen LogP contribution in [0.3, 0.4) is 0 Å². The summed E-state index contributed by atoms with van der Waals surface area (Å²) in [5, 5.41) is 8.83. The third kappa shape index (κ3) is 1.77. The van der Waals surface area contributed by atoms with Gasteiger partial charge in [0.15, 0.2) is 0 Å². The predicted octanol–water partition coefficient (Wildman–Crippen LogP) is 0.568. The van der Waals surface area contributed by atoms with Gasteiger partial charge in [0.1, 0.15) is 0 Å². The van der Waals surface area contributed by atoms with E-state index in [0.29, 0.717) is 5.92 Å². The molecular weight excluding hydrogens is 150 g/mol. The molecule has 3 nitrogen and oxygen atoms in total. The Kier molecular flexibility index (Phi) is 3.07. The van der Waals surface area contributed by atoms with E-state index in [4.69, 9.17) is 11.0 Å². The number of nitrogens with two attached hydrogens (primary N) is 1. The lowest BCUT2D eigenvalue weighted by Crippen LogP contribution is -2.34. The molecule has 0 radical (unpaired) electrons. The molecule has 1 aliphatic rings. The fraction of sp³-hybridized carbons (Fsp3) is 0.889. The van der Waals surface area contributed by atoms with Crippen LogP contribution in [0.4, 0.5) is 0 Å². The fourth-order valence-corrected chi connectivity index (χ4v) is 1.72. The molecule has 0 aromatic carbocycles. The molecule has 0 aromatic rings. The van der Waals surface area contributed by atoms with Crippen LogP contribution in [0.1, 0.15) is 20.3 Å². The van der Waals surface area contributed by atoms with Gasteiger partial charge in [-0.3, -0.25) is 4.90 Å². The number of hydrogen-bond acceptors (Lipinski definition) is 3. The summed E-state index contributed by atoms with van der Waals surface area (Å²) in [5.41, 5.74) is 5.86. The van der Waals surface area contributed by atoms with Gasteiger partial charge in [0, 0.05) is 19.1 Å². The lowest BCUT2D eigenvalue weighted by atomic mass is 10.1. The topological polar surface area (TPSA) is 53.0 Å². The predicted molar refractivity (Wildman–Crippen MR) is 48.4 cm³/mol. The molecule has 1 rings (SSSR count). The Balaban J connectivity index is 2.51. The number of rotatable bonds is 2. The van der Waals surface area contributed by atoms with Crippen molar-refractivity contribution < 1.29 is 0 Å². The van der Waals surface area contributed by atoms with Gasteiger partial charge in [-0.1, -0.05) is 13.8 Å². The first-order valence-electron chi connectivity index (χ1n) is 4.58. The minimum Gasteiger partial charge on any atom is -0.326 e. The van der Waals surface area contributed by atoms with Gasteiger partial charge in [-0.05, 0) is 12.3 Å². The van der Waals surface area contributed by atoms with E-state index < -0.39 is 0 Å². The van der Waals surface area contributed by atoms with Gasteiger partial charge in [-0.15, -0.1) is 0 Å². The molecule has 68 valence electrons. The summed E-state index contributed by atoms with van der Waals surface area (Å²) in [6.45, 7) is 6.05. The van der Waals surface area contributed by atoms with Crippen LogP contribution in [-0.4, -0.2) is 30.1 Å². The Morgan fingerprint density at radius 1 is 1.67 bits per heavy atom. The molecule has 0 amide bonds. The lowest BCUT2D eigenvalue weighted by Gasteiger charge is -2.19. The first kappa shape index (κ1) is 9.50. The maximum Gasteiger partial charge on any atom is 0.0975 e. The van der Waals surface area contributed by atoms with Gasteiger partial charge < -0.3 is 5.73 Å². The quantitative estimate of drug-likeness (QED) is 0.654. The summed E-state index contributed by atoms with van der Waals surface area (Å²) < 4.78 is 0. The van der Waals surface area contributed by atoms with Gasteiger partial charge in [0.25, 0.3) is 0 Å². The Morgan fingerprint density at radius 2 is 2.33 bits per heavy atom. The molecule has 2 N–H and O–H groups in total. The molecule has 12 heavy (non-hydrogen) atoms. The maximum absolute atomic E-state index is 8.83. The minimum absolute atomic E-state index is 0.0704. The summed E-state index contributed by atoms with van der Waals surface area (Å²) in [5.74, 6) is 0.535. The van der Waals surface area contributed by atoms with Gasteiger partial charge in [0.05, 0.1) is 12.1 Å². The number of likely N-dealkylation sites (tertiary alicyclic amines) is 1. The zero-order valence-corrected chi connectivity index (χ0v) is 7.83. The monoisotopic (exact) mass is 167 g/mol. The first-order chi connectivity index (χ1) is 5.69. The molecule has 1 fully saturated rings. The highest BCUT2D eigenvalue weighted by Gasteiger charge is 2.30. The molecule has 3 atom stereocenters. The molecule has 0 aliphatic carbocycles. The van der Waals surface area contributed by atoms with Crippen molar-refractivity contribution in [2.45, 2.75) is 32.4 Å². The zero-order chi connectivity index (χ0) is 9.14. The second kappa shape index (κ2) is 3.88. The van der Waals surface area contributed by atoms with Crippen LogP contribution in [0.5, 0.6) is 0 Å². The van der Waals surface area contributed by atoms with Crippen molar-refractivity contribution in [2.24, 2.45) is 11.7 Å². The number of nitriles is 1. The van der Waals surface area contributed by atoms with Crippen LogP contribution in [0.25, 0.3) is 0 Å². The Labute approximate surface area is 74.1 Å². The van der Waals surface area contributed by atoms with Crippen LogP contribution in [0.15, 0.2) is 0 Å². The average molecular weight is 167 g/mol. The molecule has 0 bridgehead atoms. The van der Waals surface area contributed by atoms with E-state index in [2.05, 4.69) is 17.9 Å². The van der Waals surface area contributed by atoms with E-state index in [-0.39, 0.29) is 12.1 Å². The lowest BCUT2D eigenvalue weighted by molar-refractivity contribution is 0.274. The standard InChI is InChI=1S/C9H17N3/c1-3-8(4-10)12-5-7(2)9(11)6-12/h7-9H,3,5-6,11H2,1-2H3. The average Bonchev–Trinajstić information content (AvgIpc) is 2.35. The Hall–Kier alpha value is -0.590. The zero-order valence-electron chi connectivity index (χ0n) is 7.83. The molecule has 1 saturated heterocycles. The number of hydrogen-bond donors (Lipinski definition) is 1. The molecule has 3 heteroatoms. The van der Waals surface area contributed by atoms with E-state index in [9.17, 15) is 0 Å². The van der Waals surface area contributed by atoms with E-state index in [0.717, 1.165) is 19.5 Å². The van der Waals surface area contributed by atoms with Crippen LogP contribution in [-0.2, 0) is 0 Å². The fourth-order valence-electron chi connectivity index (χ4n) is 1.72. The SMILES string of the molecule is CCC(C#N)N1CC(C)C(N)C1. The van der Waals surface area contributed by atoms with Crippen molar-refractivity contribution >= 4 is 0 Å². The Morgan fingerprint density at radius 3 is 2.67 bits per heavy atom. The van der Waals surface area contributed by atoms with Gasteiger partial charge >= 0.3 is 0 Å². The van der Waals surface area contributed by atoms with Crippen LogP contribution in [0, 0.1) is 17.2 Å². The molecule has 1 aliphatic heterocycles. The summed E-state index contributed by atoms with van der Waals surface area (Å²) in [6, 6.07) is 2.63. The summed E-state index contributed by atoms with van der Waals surface area (Å²) >= 11 is 0. The summed E-state index contributed by atoms with van der Waals surface area (Å²) in [7, 11) is 0.